The molecule has 0 N–H and O–H groups in total. The van der Waals surface area contributed by atoms with Crippen LogP contribution in [-0.4, -0.2) is 23.0 Å². The molecule has 0 aliphatic carbocycles. The van der Waals surface area contributed by atoms with Gasteiger partial charge in [0, 0.05) is 16.1 Å². The molecule has 0 unspecified atom stereocenters. The molecular weight excluding hydrogens is 483 g/mol. The largest absolute Gasteiger partial charge is 0.435 e. The molecule has 0 saturated heterocycles. The summed E-state index contributed by atoms with van der Waals surface area (Å²) in [4.78, 5) is 0. The first-order chi connectivity index (χ1) is 15.8. The zero-order chi connectivity index (χ0) is 23.5. The first kappa shape index (κ1) is 22.9. The first-order valence-electron chi connectivity index (χ1n) is 9.47. The van der Waals surface area contributed by atoms with Crippen molar-refractivity contribution in [2.24, 2.45) is 0 Å². The molecule has 0 aliphatic heterocycles. The number of hydrogen-bond donors (Lipinski definition) is 0. The number of hydrogen-bond acceptors (Lipinski definition) is 3. The Morgan fingerprint density at radius 3 is 1.64 bits per heavy atom. The lowest BCUT2D eigenvalue weighted by Crippen LogP contribution is -2.02. The second-order valence-electron chi connectivity index (χ2n) is 6.71. The maximum Gasteiger partial charge on any atom is 0.387 e. The van der Waals surface area contributed by atoms with Gasteiger partial charge in [-0.05, 0) is 72.8 Å². The van der Waals surface area contributed by atoms with Crippen molar-refractivity contribution in [3.63, 3.8) is 0 Å². The van der Waals surface area contributed by atoms with Gasteiger partial charge in [0.15, 0.2) is 0 Å². The van der Waals surface area contributed by atoms with E-state index in [-0.39, 0.29) is 16.5 Å². The Morgan fingerprint density at radius 1 is 0.667 bits per heavy atom. The van der Waals surface area contributed by atoms with E-state index in [1.165, 1.54) is 24.3 Å². The topological polar surface area (TPSA) is 36.3 Å². The van der Waals surface area contributed by atoms with E-state index in [2.05, 4.69) is 14.6 Å². The quantitative estimate of drug-likeness (QED) is 0.246. The molecule has 0 bridgehead atoms. The monoisotopic (exact) mass is 496 g/mol. The van der Waals surface area contributed by atoms with Crippen molar-refractivity contribution in [1.82, 2.24) is 9.78 Å². The molecule has 1 aromatic heterocycles. The molecule has 0 aliphatic rings. The van der Waals surface area contributed by atoms with Crippen LogP contribution in [-0.2, 0) is 0 Å². The molecule has 10 heteroatoms. The first-order valence-corrected chi connectivity index (χ1v) is 10.2. The van der Waals surface area contributed by atoms with E-state index in [0.29, 0.717) is 33.2 Å². The number of benzene rings is 3. The summed E-state index contributed by atoms with van der Waals surface area (Å²) in [7, 11) is 0. The SMILES string of the molecule is FC(F)Oc1ccc(-c2nn(-c3ccc(Cl)cc3)c(-c3ccc(OC(F)F)cc3)c2Cl)cc1. The van der Waals surface area contributed by atoms with Crippen LogP contribution >= 0.6 is 23.2 Å². The number of aromatic nitrogens is 2. The van der Waals surface area contributed by atoms with E-state index in [4.69, 9.17) is 23.2 Å². The third-order valence-electron chi connectivity index (χ3n) is 4.60. The minimum atomic E-state index is -2.94. The van der Waals surface area contributed by atoms with Gasteiger partial charge in [-0.15, -0.1) is 0 Å². The normalized spacial score (nSPS) is 11.3. The van der Waals surface area contributed by atoms with Crippen molar-refractivity contribution in [3.05, 3.63) is 82.8 Å². The maximum atomic E-state index is 12.5. The fourth-order valence-electron chi connectivity index (χ4n) is 3.19. The van der Waals surface area contributed by atoms with Crippen LogP contribution in [0.3, 0.4) is 0 Å². The third kappa shape index (κ3) is 5.23. The summed E-state index contributed by atoms with van der Waals surface area (Å²) in [6.07, 6.45) is 0. The van der Waals surface area contributed by atoms with Gasteiger partial charge < -0.3 is 9.47 Å². The molecule has 33 heavy (non-hydrogen) atoms. The zero-order valence-corrected chi connectivity index (χ0v) is 18.1. The van der Waals surface area contributed by atoms with Crippen LogP contribution < -0.4 is 9.47 Å². The molecule has 4 aromatic rings. The minimum Gasteiger partial charge on any atom is -0.435 e. The van der Waals surface area contributed by atoms with Gasteiger partial charge in [-0.2, -0.15) is 22.7 Å². The van der Waals surface area contributed by atoms with Crippen molar-refractivity contribution >= 4 is 23.2 Å². The van der Waals surface area contributed by atoms with E-state index >= 15 is 0 Å². The Balaban J connectivity index is 1.80. The van der Waals surface area contributed by atoms with Gasteiger partial charge in [-0.1, -0.05) is 23.2 Å². The highest BCUT2D eigenvalue weighted by Gasteiger charge is 2.21. The van der Waals surface area contributed by atoms with E-state index in [9.17, 15) is 17.6 Å². The summed E-state index contributed by atoms with van der Waals surface area (Å²) in [5.41, 5.74) is 2.68. The van der Waals surface area contributed by atoms with Crippen molar-refractivity contribution in [2.45, 2.75) is 13.2 Å². The highest BCUT2D eigenvalue weighted by Crippen LogP contribution is 2.39. The maximum absolute atomic E-state index is 12.5. The van der Waals surface area contributed by atoms with Crippen LogP contribution in [0.15, 0.2) is 72.8 Å². The number of rotatable bonds is 7. The number of ether oxygens (including phenoxy) is 2. The molecular formula is C23H14Cl2F4N2O2. The van der Waals surface area contributed by atoms with Crippen LogP contribution in [0.2, 0.25) is 10.0 Å². The van der Waals surface area contributed by atoms with E-state index < -0.39 is 13.2 Å². The van der Waals surface area contributed by atoms with Crippen LogP contribution in [0.5, 0.6) is 11.5 Å². The smallest absolute Gasteiger partial charge is 0.387 e. The zero-order valence-electron chi connectivity index (χ0n) is 16.6. The predicted octanol–water partition coefficient (Wildman–Crippen LogP) is 7.72. The molecule has 0 amide bonds. The summed E-state index contributed by atoms with van der Waals surface area (Å²) in [5.74, 6) is -0.00544. The highest BCUT2D eigenvalue weighted by molar-refractivity contribution is 6.35. The second-order valence-corrected chi connectivity index (χ2v) is 7.52. The molecule has 4 nitrogen and oxygen atoms in total. The van der Waals surface area contributed by atoms with E-state index in [1.807, 2.05) is 0 Å². The molecule has 0 saturated carbocycles. The van der Waals surface area contributed by atoms with Gasteiger partial charge in [-0.3, -0.25) is 0 Å². The van der Waals surface area contributed by atoms with Gasteiger partial charge in [0.25, 0.3) is 0 Å². The molecule has 4 rings (SSSR count). The minimum absolute atomic E-state index is 0.00253. The van der Waals surface area contributed by atoms with Gasteiger partial charge >= 0.3 is 13.2 Å². The average Bonchev–Trinajstić information content (AvgIpc) is 3.12. The van der Waals surface area contributed by atoms with Gasteiger partial charge in [-0.25, -0.2) is 4.68 Å². The summed E-state index contributed by atoms with van der Waals surface area (Å²) in [5, 5.41) is 5.42. The summed E-state index contributed by atoms with van der Waals surface area (Å²) >= 11 is 12.7. The Hall–Kier alpha value is -3.23. The van der Waals surface area contributed by atoms with Crippen LogP contribution in [0.25, 0.3) is 28.2 Å². The second kappa shape index (κ2) is 9.72. The molecule has 0 fully saturated rings. The van der Waals surface area contributed by atoms with Gasteiger partial charge in [0.05, 0.1) is 16.4 Å². The van der Waals surface area contributed by atoms with Gasteiger partial charge in [0.1, 0.15) is 17.2 Å². The van der Waals surface area contributed by atoms with E-state index in [0.717, 1.165) is 0 Å². The lowest BCUT2D eigenvalue weighted by Gasteiger charge is -2.10. The third-order valence-corrected chi connectivity index (χ3v) is 5.21. The Kier molecular flexibility index (Phi) is 6.76. The summed E-state index contributed by atoms with van der Waals surface area (Å²) in [6.45, 7) is -5.88. The summed E-state index contributed by atoms with van der Waals surface area (Å²) < 4.78 is 60.3. The fourth-order valence-corrected chi connectivity index (χ4v) is 3.65. The van der Waals surface area contributed by atoms with Gasteiger partial charge in [0.2, 0.25) is 0 Å². The van der Waals surface area contributed by atoms with Crippen LogP contribution in [0.1, 0.15) is 0 Å². The number of alkyl halides is 4. The van der Waals surface area contributed by atoms with E-state index in [1.54, 1.807) is 53.2 Å². The molecule has 1 heterocycles. The Labute approximate surface area is 195 Å². The lowest BCUT2D eigenvalue weighted by atomic mass is 10.1. The lowest BCUT2D eigenvalue weighted by molar-refractivity contribution is -0.0505. The summed E-state index contributed by atoms with van der Waals surface area (Å²) in [6, 6.07) is 18.7. The molecule has 3 aromatic carbocycles. The molecule has 0 atom stereocenters. The Bertz CT molecular complexity index is 1230. The highest BCUT2D eigenvalue weighted by atomic mass is 35.5. The van der Waals surface area contributed by atoms with Crippen molar-refractivity contribution in [2.75, 3.05) is 0 Å². The molecule has 0 radical (unpaired) electrons. The van der Waals surface area contributed by atoms with Crippen molar-refractivity contribution in [1.29, 1.82) is 0 Å². The molecule has 0 spiro atoms. The fraction of sp³-hybridized carbons (Fsp3) is 0.0870. The van der Waals surface area contributed by atoms with Crippen molar-refractivity contribution < 1.29 is 27.0 Å². The van der Waals surface area contributed by atoms with Crippen LogP contribution in [0, 0.1) is 0 Å². The Morgan fingerprint density at radius 2 is 1.15 bits per heavy atom. The molecule has 170 valence electrons. The van der Waals surface area contributed by atoms with Crippen LogP contribution in [0.4, 0.5) is 17.6 Å². The number of halogens is 6. The number of nitrogens with zero attached hydrogens (tertiary/aromatic N) is 2. The van der Waals surface area contributed by atoms with Crippen molar-refractivity contribution in [3.8, 4) is 39.7 Å². The average molecular weight is 497 g/mol. The standard InChI is InChI=1S/C23H14Cl2F4N2O2/c24-15-5-7-16(8-6-15)31-21(14-3-11-18(12-4-14)33-23(28)29)19(25)20(30-31)13-1-9-17(10-2-13)32-22(26)27/h1-12,22-23H. The predicted molar refractivity (Wildman–Crippen MR) is 118 cm³/mol.